The monoisotopic (exact) mass is 415 g/mol. The molecule has 3 N–H and O–H groups in total. The molecule has 5 rings (SSSR count). The molecular formula is C27H33N3O. The van der Waals surface area contributed by atoms with Crippen LogP contribution in [0.4, 0.5) is 5.69 Å². The number of amides is 1. The number of aromatic nitrogens is 1. The molecule has 1 unspecified atom stereocenters. The van der Waals surface area contributed by atoms with Gasteiger partial charge in [-0.2, -0.15) is 0 Å². The van der Waals surface area contributed by atoms with Crippen LogP contribution in [-0.4, -0.2) is 16.9 Å². The largest absolute Gasteiger partial charge is 0.357 e. The molecular weight excluding hydrogens is 382 g/mol. The molecule has 2 aliphatic rings. The van der Waals surface area contributed by atoms with Crippen LogP contribution in [0.2, 0.25) is 0 Å². The highest BCUT2D eigenvalue weighted by Crippen LogP contribution is 2.37. The molecule has 4 heteroatoms. The lowest BCUT2D eigenvalue weighted by Gasteiger charge is -2.31. The fourth-order valence-electron chi connectivity index (χ4n) is 5.53. The normalized spacial score (nSPS) is 19.4. The lowest BCUT2D eigenvalue weighted by molar-refractivity contribution is 0.102. The molecule has 1 aromatic heterocycles. The van der Waals surface area contributed by atoms with Gasteiger partial charge in [-0.15, -0.1) is 0 Å². The van der Waals surface area contributed by atoms with Crippen LogP contribution in [-0.2, 0) is 6.42 Å². The van der Waals surface area contributed by atoms with Gasteiger partial charge in [0.2, 0.25) is 0 Å². The standard InChI is InChI=1S/C27H33N3O/c1-17-11-13-21(18(2)15-17)27(31)29-20-12-14-24-23(16-20)22-9-6-10-25(26(22)30-24)28-19-7-4-3-5-8-19/h11-16,19,25,28,30H,3-10H2,1-2H3,(H,29,31). The quantitative estimate of drug-likeness (QED) is 0.466. The van der Waals surface area contributed by atoms with E-state index in [-0.39, 0.29) is 5.91 Å². The Morgan fingerprint density at radius 3 is 2.61 bits per heavy atom. The Balaban J connectivity index is 1.39. The molecule has 1 heterocycles. The zero-order chi connectivity index (χ0) is 21.4. The first-order valence-electron chi connectivity index (χ1n) is 11.9. The summed E-state index contributed by atoms with van der Waals surface area (Å²) < 4.78 is 0. The van der Waals surface area contributed by atoms with E-state index in [0.717, 1.165) is 23.2 Å². The Morgan fingerprint density at radius 1 is 0.968 bits per heavy atom. The number of hydrogen-bond donors (Lipinski definition) is 3. The van der Waals surface area contributed by atoms with Crippen LogP contribution in [0.3, 0.4) is 0 Å². The molecule has 1 amide bonds. The molecule has 2 aliphatic carbocycles. The minimum Gasteiger partial charge on any atom is -0.357 e. The summed E-state index contributed by atoms with van der Waals surface area (Å²) in [6, 6.07) is 13.3. The molecule has 0 radical (unpaired) electrons. The SMILES string of the molecule is Cc1ccc(C(=O)Nc2ccc3[nH]c4c(c3c2)CCCC4NC2CCCCC2)c(C)c1. The van der Waals surface area contributed by atoms with Gasteiger partial charge in [0.1, 0.15) is 0 Å². The minimum atomic E-state index is -0.0434. The lowest BCUT2D eigenvalue weighted by Crippen LogP contribution is -2.36. The van der Waals surface area contributed by atoms with Gasteiger partial charge in [-0.3, -0.25) is 4.79 Å². The van der Waals surface area contributed by atoms with Crippen LogP contribution in [0.15, 0.2) is 36.4 Å². The van der Waals surface area contributed by atoms with Crippen LogP contribution in [0.5, 0.6) is 0 Å². The van der Waals surface area contributed by atoms with E-state index in [1.54, 1.807) is 0 Å². The Morgan fingerprint density at radius 2 is 1.81 bits per heavy atom. The first-order valence-corrected chi connectivity index (χ1v) is 11.9. The van der Waals surface area contributed by atoms with Crippen molar-refractivity contribution < 1.29 is 4.79 Å². The molecule has 4 nitrogen and oxygen atoms in total. The molecule has 31 heavy (non-hydrogen) atoms. The zero-order valence-electron chi connectivity index (χ0n) is 18.7. The highest BCUT2D eigenvalue weighted by atomic mass is 16.1. The summed E-state index contributed by atoms with van der Waals surface area (Å²) in [5.74, 6) is -0.0434. The van der Waals surface area contributed by atoms with Gasteiger partial charge in [-0.1, -0.05) is 37.0 Å². The van der Waals surface area contributed by atoms with Crippen LogP contribution < -0.4 is 10.6 Å². The van der Waals surface area contributed by atoms with Crippen molar-refractivity contribution in [3.05, 3.63) is 64.3 Å². The van der Waals surface area contributed by atoms with Crippen LogP contribution >= 0.6 is 0 Å². The van der Waals surface area contributed by atoms with E-state index in [4.69, 9.17) is 0 Å². The maximum absolute atomic E-state index is 12.9. The van der Waals surface area contributed by atoms with Gasteiger partial charge in [-0.25, -0.2) is 0 Å². The Bertz CT molecular complexity index is 1110. The molecule has 3 aromatic rings. The topological polar surface area (TPSA) is 56.9 Å². The summed E-state index contributed by atoms with van der Waals surface area (Å²) in [6.45, 7) is 4.04. The van der Waals surface area contributed by atoms with E-state index < -0.39 is 0 Å². The number of rotatable bonds is 4. The zero-order valence-corrected chi connectivity index (χ0v) is 18.7. The van der Waals surface area contributed by atoms with Crippen molar-refractivity contribution in [1.29, 1.82) is 0 Å². The maximum Gasteiger partial charge on any atom is 0.255 e. The third kappa shape index (κ3) is 4.14. The van der Waals surface area contributed by atoms with Gasteiger partial charge < -0.3 is 15.6 Å². The number of aromatic amines is 1. The third-order valence-corrected chi connectivity index (χ3v) is 7.13. The van der Waals surface area contributed by atoms with Crippen molar-refractivity contribution in [3.8, 4) is 0 Å². The van der Waals surface area contributed by atoms with Gasteiger partial charge in [0.15, 0.2) is 0 Å². The van der Waals surface area contributed by atoms with Crippen molar-refractivity contribution in [2.24, 2.45) is 0 Å². The summed E-state index contributed by atoms with van der Waals surface area (Å²) in [5.41, 5.74) is 7.74. The van der Waals surface area contributed by atoms with E-state index in [1.165, 1.54) is 72.7 Å². The minimum absolute atomic E-state index is 0.0434. The number of carbonyl (C=O) groups is 1. The summed E-state index contributed by atoms with van der Waals surface area (Å²) in [5, 5.41) is 8.32. The number of anilines is 1. The Hall–Kier alpha value is -2.59. The highest BCUT2D eigenvalue weighted by Gasteiger charge is 2.27. The average Bonchev–Trinajstić information content (AvgIpc) is 3.13. The maximum atomic E-state index is 12.9. The predicted octanol–water partition coefficient (Wildman–Crippen LogP) is 6.34. The summed E-state index contributed by atoms with van der Waals surface area (Å²) in [4.78, 5) is 16.6. The van der Waals surface area contributed by atoms with Crippen LogP contribution in [0.1, 0.15) is 83.7 Å². The van der Waals surface area contributed by atoms with E-state index in [9.17, 15) is 4.79 Å². The molecule has 0 aliphatic heterocycles. The molecule has 0 bridgehead atoms. The van der Waals surface area contributed by atoms with Crippen LogP contribution in [0.25, 0.3) is 10.9 Å². The number of nitrogens with one attached hydrogen (secondary N) is 3. The number of benzene rings is 2. The first-order chi connectivity index (χ1) is 15.1. The number of carbonyl (C=O) groups excluding carboxylic acids is 1. The van der Waals surface area contributed by atoms with E-state index in [2.05, 4.69) is 33.8 Å². The highest BCUT2D eigenvalue weighted by molar-refractivity contribution is 6.06. The molecule has 0 saturated heterocycles. The van der Waals surface area contributed by atoms with Crippen LogP contribution in [0, 0.1) is 13.8 Å². The molecule has 1 fully saturated rings. The molecule has 2 aromatic carbocycles. The second-order valence-electron chi connectivity index (χ2n) is 9.50. The van der Waals surface area contributed by atoms with Crippen molar-refractivity contribution >= 4 is 22.5 Å². The summed E-state index contributed by atoms with van der Waals surface area (Å²) >= 11 is 0. The average molecular weight is 416 g/mol. The van der Waals surface area contributed by atoms with Gasteiger partial charge in [0, 0.05) is 39.9 Å². The second kappa shape index (κ2) is 8.51. The van der Waals surface area contributed by atoms with Crippen molar-refractivity contribution in [3.63, 3.8) is 0 Å². The molecule has 1 saturated carbocycles. The van der Waals surface area contributed by atoms with Crippen molar-refractivity contribution in [1.82, 2.24) is 10.3 Å². The smallest absolute Gasteiger partial charge is 0.255 e. The van der Waals surface area contributed by atoms with Gasteiger partial charge in [-0.05, 0) is 81.3 Å². The Kier molecular flexibility index (Phi) is 5.58. The second-order valence-corrected chi connectivity index (χ2v) is 9.50. The molecule has 162 valence electrons. The van der Waals surface area contributed by atoms with Crippen molar-refractivity contribution in [2.45, 2.75) is 77.3 Å². The molecule has 0 spiro atoms. The van der Waals surface area contributed by atoms with E-state index in [1.807, 2.05) is 32.0 Å². The number of H-pyrrole nitrogens is 1. The van der Waals surface area contributed by atoms with E-state index >= 15 is 0 Å². The van der Waals surface area contributed by atoms with Gasteiger partial charge >= 0.3 is 0 Å². The number of aryl methyl sites for hydroxylation is 3. The fourth-order valence-corrected chi connectivity index (χ4v) is 5.53. The van der Waals surface area contributed by atoms with Gasteiger partial charge in [0.25, 0.3) is 5.91 Å². The van der Waals surface area contributed by atoms with Gasteiger partial charge in [0.05, 0.1) is 0 Å². The number of fused-ring (bicyclic) bond motifs is 3. The third-order valence-electron chi connectivity index (χ3n) is 7.13. The summed E-state index contributed by atoms with van der Waals surface area (Å²) in [7, 11) is 0. The summed E-state index contributed by atoms with van der Waals surface area (Å²) in [6.07, 6.45) is 10.2. The fraction of sp³-hybridized carbons (Fsp3) is 0.444. The molecule has 1 atom stereocenters. The predicted molar refractivity (Wildman–Crippen MR) is 128 cm³/mol. The lowest BCUT2D eigenvalue weighted by atomic mass is 9.89. The number of hydrogen-bond acceptors (Lipinski definition) is 2. The van der Waals surface area contributed by atoms with Crippen molar-refractivity contribution in [2.75, 3.05) is 5.32 Å². The van der Waals surface area contributed by atoms with E-state index in [0.29, 0.717) is 12.1 Å². The first kappa shape index (κ1) is 20.3. The Labute approximate surface area is 184 Å².